The number of fused-ring (bicyclic) bond motifs is 5. The Morgan fingerprint density at radius 2 is 1.90 bits per heavy atom. The van der Waals surface area contributed by atoms with Crippen LogP contribution in [0.4, 0.5) is 0 Å². The molecule has 4 aliphatic carbocycles. The number of aliphatic hydroxyl groups excluding tert-OH is 1. The van der Waals surface area contributed by atoms with Gasteiger partial charge in [0.1, 0.15) is 12.3 Å². The van der Waals surface area contributed by atoms with Crippen molar-refractivity contribution in [2.24, 2.45) is 46.3 Å². The standard InChI is InChI=1S/C37H59N2O8P.Na/c1-22(2)8-7-9-23(3)28-12-13-29-27-11-10-25-18-26(14-16-36(25,5)30(27)15-17-37(28,29)6)47-48(43,44)45-21-32-31(40)19-33(46-32)39-20-24(4)34(41)38-35(39)42;/h10,20,22-23,26-33,40H,7-9,11-19,21H2,1-6H3,(H,43,44)(H,38,41,42);/q;+1/p-1/t23-,26+,27+,28-,29+,30+,31+,32-,33-,36+,37-;/m1./s1. The summed E-state index contributed by atoms with van der Waals surface area (Å²) >= 11 is 0. The van der Waals surface area contributed by atoms with Gasteiger partial charge in [0.2, 0.25) is 0 Å². The summed E-state index contributed by atoms with van der Waals surface area (Å²) in [6.45, 7) is 13.4. The molecule has 12 atom stereocenters. The molecule has 2 N–H and O–H groups in total. The van der Waals surface area contributed by atoms with Gasteiger partial charge in [-0.1, -0.05) is 65.5 Å². The molecular formula is C37H58N2NaO8P. The summed E-state index contributed by atoms with van der Waals surface area (Å²) in [7, 11) is -4.45. The summed E-state index contributed by atoms with van der Waals surface area (Å²) in [6, 6.07) is 0. The Labute approximate surface area is 314 Å². The van der Waals surface area contributed by atoms with Gasteiger partial charge in [-0.3, -0.25) is 13.6 Å². The van der Waals surface area contributed by atoms with Crippen molar-refractivity contribution < 1.29 is 63.0 Å². The molecule has 6 rings (SSSR count). The van der Waals surface area contributed by atoms with Crippen molar-refractivity contribution >= 4 is 7.82 Å². The van der Waals surface area contributed by atoms with Gasteiger partial charge in [0.15, 0.2) is 0 Å². The number of allylic oxidation sites excluding steroid dienone is 1. The van der Waals surface area contributed by atoms with E-state index in [1.807, 2.05) is 0 Å². The Balaban J connectivity index is 0.00000468. The number of rotatable bonds is 11. The minimum absolute atomic E-state index is 0. The molecule has 1 aromatic heterocycles. The van der Waals surface area contributed by atoms with Crippen LogP contribution in [0.1, 0.15) is 123 Å². The van der Waals surface area contributed by atoms with E-state index in [2.05, 4.69) is 45.7 Å². The van der Waals surface area contributed by atoms with Gasteiger partial charge >= 0.3 is 43.1 Å². The fourth-order valence-electron chi connectivity index (χ4n) is 10.9. The Morgan fingerprint density at radius 1 is 1.14 bits per heavy atom. The second-order valence-electron chi connectivity index (χ2n) is 16.9. The number of hydrogen-bond donors (Lipinski definition) is 2. The normalized spacial score (nSPS) is 38.9. The molecule has 4 fully saturated rings. The summed E-state index contributed by atoms with van der Waals surface area (Å²) in [5.41, 5.74) is 1.41. The third-order valence-corrected chi connectivity index (χ3v) is 14.6. The van der Waals surface area contributed by atoms with Crippen LogP contribution in [0.3, 0.4) is 0 Å². The maximum absolute atomic E-state index is 13.1. The molecule has 0 amide bonds. The van der Waals surface area contributed by atoms with E-state index in [0.29, 0.717) is 30.1 Å². The van der Waals surface area contributed by atoms with Crippen LogP contribution >= 0.6 is 7.82 Å². The smallest absolute Gasteiger partial charge is 0.858 e. The van der Waals surface area contributed by atoms with E-state index in [1.54, 1.807) is 6.92 Å². The largest absolute Gasteiger partial charge is 1.00 e. The predicted octanol–water partition coefficient (Wildman–Crippen LogP) is 3.82. The number of hydrogen-bond acceptors (Lipinski definition) is 8. The molecule has 3 saturated carbocycles. The summed E-state index contributed by atoms with van der Waals surface area (Å²) in [6.07, 6.45) is 13.3. The third-order valence-electron chi connectivity index (χ3n) is 13.5. The molecular weight excluding hydrogens is 654 g/mol. The van der Waals surface area contributed by atoms with Gasteiger partial charge in [-0.05, 0) is 116 Å². The summed E-state index contributed by atoms with van der Waals surface area (Å²) in [5, 5.41) is 22.2. The molecule has 1 unspecified atom stereocenters. The van der Waals surface area contributed by atoms with Crippen LogP contribution in [-0.2, 0) is 18.3 Å². The second-order valence-corrected chi connectivity index (χ2v) is 18.3. The molecule has 0 aromatic carbocycles. The first-order chi connectivity index (χ1) is 22.6. The predicted molar refractivity (Wildman–Crippen MR) is 181 cm³/mol. The van der Waals surface area contributed by atoms with Gasteiger partial charge in [0, 0.05) is 12.6 Å². The first kappa shape index (κ1) is 39.7. The first-order valence-electron chi connectivity index (χ1n) is 18.6. The van der Waals surface area contributed by atoms with Crippen molar-refractivity contribution in [3.8, 4) is 5.88 Å². The van der Waals surface area contributed by atoms with Gasteiger partial charge in [0.05, 0.1) is 18.8 Å². The van der Waals surface area contributed by atoms with E-state index in [1.165, 1.54) is 56.7 Å². The Kier molecular flexibility index (Phi) is 12.5. The van der Waals surface area contributed by atoms with E-state index in [0.717, 1.165) is 41.1 Å². The van der Waals surface area contributed by atoms with Gasteiger partial charge in [0.25, 0.3) is 0 Å². The number of aromatic nitrogens is 2. The average Bonchev–Trinajstić information content (AvgIpc) is 3.57. The van der Waals surface area contributed by atoms with E-state index >= 15 is 0 Å². The third kappa shape index (κ3) is 8.03. The molecule has 0 bridgehead atoms. The number of aryl methyl sites for hydroxylation is 1. The molecule has 10 nitrogen and oxygen atoms in total. The van der Waals surface area contributed by atoms with Crippen molar-refractivity contribution in [3.63, 3.8) is 0 Å². The van der Waals surface area contributed by atoms with Gasteiger partial charge < -0.3 is 19.8 Å². The molecule has 0 radical (unpaired) electrons. The van der Waals surface area contributed by atoms with E-state index < -0.39 is 43.9 Å². The Morgan fingerprint density at radius 3 is 2.63 bits per heavy atom. The number of aliphatic hydroxyl groups is 1. The fraction of sp³-hybridized carbons (Fsp3) is 0.838. The maximum atomic E-state index is 13.1. The van der Waals surface area contributed by atoms with Crippen LogP contribution in [-0.4, -0.2) is 44.5 Å². The van der Waals surface area contributed by atoms with Crippen LogP contribution in [0, 0.1) is 53.3 Å². The minimum Gasteiger partial charge on any atom is -0.858 e. The van der Waals surface area contributed by atoms with Crippen LogP contribution in [0.5, 0.6) is 5.88 Å². The summed E-state index contributed by atoms with van der Waals surface area (Å²) in [4.78, 5) is 26.4. The number of ether oxygens (including phenoxy) is 1. The maximum Gasteiger partial charge on any atom is 1.00 e. The SMILES string of the molecule is Cc1cn([C@H]2C[C@H](O)[C@@H](COP(=O)(O)O[C@H]3CC[C@@]4(C)C(=CC[C@H]5[C@@H]6CC[C@H]([C@H](C)CCCC(C)C)[C@@]6(C)CC[C@@H]54)C3)O2)c(=O)nc1[O-].[Na+]. The second kappa shape index (κ2) is 15.4. The molecule has 1 aliphatic heterocycles. The quantitative estimate of drug-likeness (QED) is 0.199. The molecule has 12 heteroatoms. The average molecular weight is 713 g/mol. The van der Waals surface area contributed by atoms with Crippen LogP contribution in [0.15, 0.2) is 22.6 Å². The van der Waals surface area contributed by atoms with Gasteiger partial charge in [-0.15, -0.1) is 0 Å². The van der Waals surface area contributed by atoms with Crippen molar-refractivity contribution in [1.29, 1.82) is 0 Å². The van der Waals surface area contributed by atoms with Crippen molar-refractivity contribution in [2.75, 3.05) is 6.61 Å². The minimum atomic E-state index is -4.45. The molecule has 2 heterocycles. The van der Waals surface area contributed by atoms with Crippen molar-refractivity contribution in [1.82, 2.24) is 9.55 Å². The van der Waals surface area contributed by atoms with Crippen LogP contribution in [0.25, 0.3) is 0 Å². The fourth-order valence-corrected chi connectivity index (χ4v) is 11.9. The number of nitrogens with zero attached hydrogens (tertiary/aromatic N) is 2. The van der Waals surface area contributed by atoms with Crippen LogP contribution in [0.2, 0.25) is 0 Å². The topological polar surface area (TPSA) is 143 Å². The molecule has 0 spiro atoms. The van der Waals surface area contributed by atoms with E-state index in [4.69, 9.17) is 13.8 Å². The first-order valence-corrected chi connectivity index (χ1v) is 20.1. The molecule has 5 aliphatic rings. The Bertz CT molecular complexity index is 1470. The number of phosphoric acid groups is 1. The zero-order chi connectivity index (χ0) is 34.6. The zero-order valence-electron chi connectivity index (χ0n) is 30.8. The Hall–Kier alpha value is -0.550. The van der Waals surface area contributed by atoms with Gasteiger partial charge in [-0.25, -0.2) is 14.3 Å². The molecule has 270 valence electrons. The summed E-state index contributed by atoms with van der Waals surface area (Å²) in [5.74, 6) is 3.93. The zero-order valence-corrected chi connectivity index (χ0v) is 33.7. The van der Waals surface area contributed by atoms with Crippen molar-refractivity contribution in [2.45, 2.75) is 143 Å². The monoisotopic (exact) mass is 712 g/mol. The van der Waals surface area contributed by atoms with E-state index in [9.17, 15) is 24.5 Å². The number of phosphoric ester groups is 1. The van der Waals surface area contributed by atoms with E-state index in [-0.39, 0.29) is 53.6 Å². The molecule has 1 saturated heterocycles. The van der Waals surface area contributed by atoms with Crippen molar-refractivity contribution in [3.05, 3.63) is 33.9 Å². The molecule has 1 aromatic rings. The molecule has 49 heavy (non-hydrogen) atoms. The van der Waals surface area contributed by atoms with Crippen LogP contribution < -0.4 is 40.4 Å². The van der Waals surface area contributed by atoms with Gasteiger partial charge in [-0.2, -0.15) is 0 Å². The summed E-state index contributed by atoms with van der Waals surface area (Å²) < 4.78 is 31.1.